The van der Waals surface area contributed by atoms with Gasteiger partial charge >= 0.3 is 0 Å². The number of halogens is 1. The molecule has 0 spiro atoms. The maximum absolute atomic E-state index is 12.5. The first-order chi connectivity index (χ1) is 15.5. The molecule has 0 saturated heterocycles. The van der Waals surface area contributed by atoms with Gasteiger partial charge in [0, 0.05) is 4.47 Å². The third-order valence-electron chi connectivity index (χ3n) is 4.30. The number of amides is 2. The normalized spacial score (nSPS) is 10.2. The van der Waals surface area contributed by atoms with E-state index in [0.717, 1.165) is 15.8 Å². The van der Waals surface area contributed by atoms with Crippen LogP contribution in [0.5, 0.6) is 17.2 Å². The zero-order valence-corrected chi connectivity index (χ0v) is 19.1. The highest BCUT2D eigenvalue weighted by atomic mass is 79.9. The zero-order chi connectivity index (χ0) is 22.8. The van der Waals surface area contributed by atoms with Gasteiger partial charge in [0.25, 0.3) is 11.8 Å². The molecule has 0 saturated carbocycles. The van der Waals surface area contributed by atoms with Crippen LogP contribution in [0.25, 0.3) is 0 Å². The zero-order valence-electron chi connectivity index (χ0n) is 17.5. The molecule has 0 bridgehead atoms. The first kappa shape index (κ1) is 23.1. The van der Waals surface area contributed by atoms with Crippen LogP contribution in [-0.2, 0) is 4.79 Å². The minimum atomic E-state index is -0.502. The molecule has 2 amide bonds. The fraction of sp³-hybridized carbons (Fsp3) is 0.167. The Hall–Kier alpha value is -3.52. The van der Waals surface area contributed by atoms with Crippen molar-refractivity contribution in [1.82, 2.24) is 10.9 Å². The van der Waals surface area contributed by atoms with Crippen LogP contribution in [0.2, 0.25) is 0 Å². The second-order valence-electron chi connectivity index (χ2n) is 6.71. The highest BCUT2D eigenvalue weighted by Gasteiger charge is 2.13. The average molecular weight is 499 g/mol. The topological polar surface area (TPSA) is 85.9 Å². The Labute approximate surface area is 194 Å². The quantitative estimate of drug-likeness (QED) is 0.343. The number of para-hydroxylation sites is 2. The summed E-state index contributed by atoms with van der Waals surface area (Å²) in [5.41, 5.74) is 5.90. The molecule has 8 heteroatoms. The molecule has 7 nitrogen and oxygen atoms in total. The summed E-state index contributed by atoms with van der Waals surface area (Å²) in [6.45, 7) is 2.22. The summed E-state index contributed by atoms with van der Waals surface area (Å²) < 4.78 is 17.7. The molecule has 2 N–H and O–H groups in total. The number of hydrogen-bond donors (Lipinski definition) is 2. The van der Waals surface area contributed by atoms with Crippen LogP contribution < -0.4 is 25.1 Å². The highest BCUT2D eigenvalue weighted by Crippen LogP contribution is 2.22. The van der Waals surface area contributed by atoms with E-state index in [1.54, 1.807) is 30.3 Å². The SMILES string of the molecule is Cc1cc(Br)ccc1OCC(=O)NNC(=O)c1ccccc1OCCOc1ccccc1. The van der Waals surface area contributed by atoms with E-state index in [0.29, 0.717) is 18.1 Å². The molecule has 0 unspecified atom stereocenters. The molecule has 0 heterocycles. The van der Waals surface area contributed by atoms with Gasteiger partial charge in [0.05, 0.1) is 5.56 Å². The Kier molecular flexibility index (Phi) is 8.51. The van der Waals surface area contributed by atoms with Gasteiger partial charge in [-0.05, 0) is 55.0 Å². The fourth-order valence-corrected chi connectivity index (χ4v) is 3.23. The van der Waals surface area contributed by atoms with Gasteiger partial charge in [-0.15, -0.1) is 0 Å². The lowest BCUT2D eigenvalue weighted by Gasteiger charge is -2.13. The van der Waals surface area contributed by atoms with Gasteiger partial charge in [0.1, 0.15) is 30.5 Å². The second kappa shape index (κ2) is 11.8. The summed E-state index contributed by atoms with van der Waals surface area (Å²) in [7, 11) is 0. The molecule has 0 aliphatic carbocycles. The van der Waals surface area contributed by atoms with E-state index in [9.17, 15) is 9.59 Å². The average Bonchev–Trinajstić information content (AvgIpc) is 2.80. The number of nitrogens with one attached hydrogen (secondary N) is 2. The molecule has 0 aliphatic heterocycles. The number of carbonyl (C=O) groups is 2. The molecule has 3 aromatic carbocycles. The largest absolute Gasteiger partial charge is 0.490 e. The predicted molar refractivity (Wildman–Crippen MR) is 124 cm³/mol. The van der Waals surface area contributed by atoms with Gasteiger partial charge < -0.3 is 14.2 Å². The molecule has 0 aliphatic rings. The lowest BCUT2D eigenvalue weighted by Crippen LogP contribution is -2.44. The van der Waals surface area contributed by atoms with Crippen molar-refractivity contribution in [3.63, 3.8) is 0 Å². The number of aryl methyl sites for hydroxylation is 1. The van der Waals surface area contributed by atoms with Crippen molar-refractivity contribution < 1.29 is 23.8 Å². The van der Waals surface area contributed by atoms with Crippen molar-refractivity contribution in [3.05, 3.63) is 88.4 Å². The Morgan fingerprint density at radius 1 is 0.812 bits per heavy atom. The van der Waals surface area contributed by atoms with Crippen molar-refractivity contribution in [3.8, 4) is 17.2 Å². The summed E-state index contributed by atoms with van der Waals surface area (Å²) in [4.78, 5) is 24.6. The van der Waals surface area contributed by atoms with Crippen molar-refractivity contribution in [2.24, 2.45) is 0 Å². The molecule has 3 aromatic rings. The van der Waals surface area contributed by atoms with E-state index < -0.39 is 11.8 Å². The standard InChI is InChI=1S/C24H23BrN2O5/c1-17-15-18(25)11-12-21(17)32-16-23(28)26-27-24(29)20-9-5-6-10-22(20)31-14-13-30-19-7-3-2-4-8-19/h2-12,15H,13-14,16H2,1H3,(H,26,28)(H,27,29). The monoisotopic (exact) mass is 498 g/mol. The predicted octanol–water partition coefficient (Wildman–Crippen LogP) is 4.06. The molecule has 3 rings (SSSR count). The van der Waals surface area contributed by atoms with Crippen LogP contribution in [-0.4, -0.2) is 31.6 Å². The highest BCUT2D eigenvalue weighted by molar-refractivity contribution is 9.10. The summed E-state index contributed by atoms with van der Waals surface area (Å²) in [5, 5.41) is 0. The van der Waals surface area contributed by atoms with Crippen LogP contribution in [0, 0.1) is 6.92 Å². The maximum Gasteiger partial charge on any atom is 0.276 e. The van der Waals surface area contributed by atoms with Crippen molar-refractivity contribution in [1.29, 1.82) is 0 Å². The molecule has 0 aromatic heterocycles. The third kappa shape index (κ3) is 7.02. The molecular formula is C24H23BrN2O5. The number of hydrazine groups is 1. The number of benzene rings is 3. The molecular weight excluding hydrogens is 476 g/mol. The molecule has 0 radical (unpaired) electrons. The molecule has 32 heavy (non-hydrogen) atoms. The Balaban J connectivity index is 1.45. The number of rotatable bonds is 9. The first-order valence-corrected chi connectivity index (χ1v) is 10.7. The number of carbonyl (C=O) groups excluding carboxylic acids is 2. The fourth-order valence-electron chi connectivity index (χ4n) is 2.76. The van der Waals surface area contributed by atoms with E-state index in [1.165, 1.54) is 0 Å². The van der Waals surface area contributed by atoms with Crippen LogP contribution in [0.1, 0.15) is 15.9 Å². The number of ether oxygens (including phenoxy) is 3. The van der Waals surface area contributed by atoms with Gasteiger partial charge in [-0.2, -0.15) is 0 Å². The smallest absolute Gasteiger partial charge is 0.276 e. The van der Waals surface area contributed by atoms with Gasteiger partial charge in [0.15, 0.2) is 6.61 Å². The summed E-state index contributed by atoms with van der Waals surface area (Å²) in [6, 6.07) is 21.6. The van der Waals surface area contributed by atoms with Gasteiger partial charge in [-0.25, -0.2) is 0 Å². The van der Waals surface area contributed by atoms with Crippen LogP contribution in [0.15, 0.2) is 77.3 Å². The van der Waals surface area contributed by atoms with E-state index >= 15 is 0 Å². The minimum Gasteiger partial charge on any atom is -0.490 e. The number of hydrogen-bond acceptors (Lipinski definition) is 5. The van der Waals surface area contributed by atoms with Crippen molar-refractivity contribution in [2.45, 2.75) is 6.92 Å². The van der Waals surface area contributed by atoms with E-state index in [1.807, 2.05) is 49.4 Å². The maximum atomic E-state index is 12.5. The lowest BCUT2D eigenvalue weighted by molar-refractivity contribution is -0.123. The summed E-state index contributed by atoms with van der Waals surface area (Å²) in [6.07, 6.45) is 0. The van der Waals surface area contributed by atoms with Crippen LogP contribution >= 0.6 is 15.9 Å². The molecule has 0 fully saturated rings. The summed E-state index contributed by atoms with van der Waals surface area (Å²) in [5.74, 6) is 0.724. The van der Waals surface area contributed by atoms with Gasteiger partial charge in [0.2, 0.25) is 0 Å². The summed E-state index contributed by atoms with van der Waals surface area (Å²) >= 11 is 3.38. The van der Waals surface area contributed by atoms with Crippen molar-refractivity contribution in [2.75, 3.05) is 19.8 Å². The van der Waals surface area contributed by atoms with Crippen LogP contribution in [0.3, 0.4) is 0 Å². The van der Waals surface area contributed by atoms with Crippen LogP contribution in [0.4, 0.5) is 0 Å². The first-order valence-electron chi connectivity index (χ1n) is 9.91. The van der Waals surface area contributed by atoms with E-state index in [-0.39, 0.29) is 18.8 Å². The lowest BCUT2D eigenvalue weighted by atomic mass is 10.2. The molecule has 0 atom stereocenters. The van der Waals surface area contributed by atoms with Crippen molar-refractivity contribution >= 4 is 27.7 Å². The van der Waals surface area contributed by atoms with E-state index in [2.05, 4.69) is 26.8 Å². The third-order valence-corrected chi connectivity index (χ3v) is 4.79. The molecule has 166 valence electrons. The van der Waals surface area contributed by atoms with Gasteiger partial charge in [-0.1, -0.05) is 46.3 Å². The van der Waals surface area contributed by atoms with E-state index in [4.69, 9.17) is 14.2 Å². The van der Waals surface area contributed by atoms with Gasteiger partial charge in [-0.3, -0.25) is 20.4 Å². The Bertz CT molecular complexity index is 1060. The Morgan fingerprint density at radius 2 is 1.53 bits per heavy atom. The Morgan fingerprint density at radius 3 is 2.31 bits per heavy atom. The minimum absolute atomic E-state index is 0.238. The second-order valence-corrected chi connectivity index (χ2v) is 7.62.